The number of fused-ring (bicyclic) bond motifs is 1. The minimum absolute atomic E-state index is 0.0896. The molecule has 29 heavy (non-hydrogen) atoms. The van der Waals surface area contributed by atoms with Gasteiger partial charge in [0.1, 0.15) is 0 Å². The van der Waals surface area contributed by atoms with Gasteiger partial charge >= 0.3 is 0 Å². The van der Waals surface area contributed by atoms with Crippen molar-refractivity contribution in [3.63, 3.8) is 0 Å². The van der Waals surface area contributed by atoms with Crippen LogP contribution in [0.5, 0.6) is 0 Å². The minimum atomic E-state index is -0.132. The first-order valence-corrected chi connectivity index (χ1v) is 10.4. The van der Waals surface area contributed by atoms with Crippen molar-refractivity contribution in [1.82, 2.24) is 20.0 Å². The van der Waals surface area contributed by atoms with Gasteiger partial charge in [-0.05, 0) is 24.3 Å². The Morgan fingerprint density at radius 2 is 1.90 bits per heavy atom. The van der Waals surface area contributed by atoms with Crippen LogP contribution in [0.4, 0.5) is 5.69 Å². The van der Waals surface area contributed by atoms with Crippen molar-refractivity contribution >= 4 is 55.9 Å². The molecule has 150 valence electrons. The molecular weight excluding hydrogens is 458 g/mol. The van der Waals surface area contributed by atoms with Crippen LogP contribution in [-0.4, -0.2) is 64.5 Å². The molecular formula is C20H19BrClN5O2. The summed E-state index contributed by atoms with van der Waals surface area (Å²) in [6.07, 6.45) is 0. The van der Waals surface area contributed by atoms with Crippen molar-refractivity contribution in [2.75, 3.05) is 38.0 Å². The molecule has 0 saturated carbocycles. The molecule has 1 aromatic heterocycles. The van der Waals surface area contributed by atoms with Crippen molar-refractivity contribution in [2.45, 2.75) is 0 Å². The molecule has 2 N–H and O–H groups in total. The Balaban J connectivity index is 1.32. The lowest BCUT2D eigenvalue weighted by Gasteiger charge is -2.34. The minimum Gasteiger partial charge on any atom is -0.335 e. The number of amides is 2. The molecule has 0 aliphatic carbocycles. The molecule has 0 unspecified atom stereocenters. The number of H-pyrrole nitrogens is 1. The number of benzene rings is 2. The van der Waals surface area contributed by atoms with Crippen LogP contribution in [0, 0.1) is 0 Å². The summed E-state index contributed by atoms with van der Waals surface area (Å²) in [4.78, 5) is 29.0. The van der Waals surface area contributed by atoms with Gasteiger partial charge in [0, 0.05) is 36.0 Å². The Morgan fingerprint density at radius 3 is 2.66 bits per heavy atom. The Bertz CT molecular complexity index is 1060. The molecule has 3 aromatic rings. The van der Waals surface area contributed by atoms with Gasteiger partial charge in [0.2, 0.25) is 5.91 Å². The number of para-hydroxylation sites is 1. The number of hydrogen-bond donors (Lipinski definition) is 2. The summed E-state index contributed by atoms with van der Waals surface area (Å²) in [5.41, 5.74) is 1.87. The van der Waals surface area contributed by atoms with Crippen molar-refractivity contribution in [2.24, 2.45) is 0 Å². The molecule has 0 atom stereocenters. The molecule has 0 radical (unpaired) electrons. The highest BCUT2D eigenvalue weighted by atomic mass is 79.9. The van der Waals surface area contributed by atoms with E-state index in [1.54, 1.807) is 17.0 Å². The lowest BCUT2D eigenvalue weighted by Crippen LogP contribution is -2.50. The number of carbonyl (C=O) groups is 2. The predicted octanol–water partition coefficient (Wildman–Crippen LogP) is 3.38. The quantitative estimate of drug-likeness (QED) is 0.605. The topological polar surface area (TPSA) is 81.3 Å². The van der Waals surface area contributed by atoms with Crippen molar-refractivity contribution in [3.8, 4) is 0 Å². The maximum absolute atomic E-state index is 12.8. The number of piperazine rings is 1. The highest BCUT2D eigenvalue weighted by Gasteiger charge is 2.26. The lowest BCUT2D eigenvalue weighted by atomic mass is 10.2. The maximum Gasteiger partial charge on any atom is 0.275 e. The first kappa shape index (κ1) is 19.9. The Hall–Kier alpha value is -2.42. The average Bonchev–Trinajstić information content (AvgIpc) is 3.14. The van der Waals surface area contributed by atoms with E-state index >= 15 is 0 Å². The zero-order valence-corrected chi connectivity index (χ0v) is 17.8. The highest BCUT2D eigenvalue weighted by Crippen LogP contribution is 2.25. The SMILES string of the molecule is O=C(CN1CCN(C(=O)c2n[nH]c3ccccc23)CC1)Nc1ccc(Br)cc1Cl. The zero-order valence-electron chi connectivity index (χ0n) is 15.5. The molecule has 9 heteroatoms. The van der Waals surface area contributed by atoms with Gasteiger partial charge in [0.25, 0.3) is 5.91 Å². The normalized spacial score (nSPS) is 14.9. The highest BCUT2D eigenvalue weighted by molar-refractivity contribution is 9.10. The van der Waals surface area contributed by atoms with Gasteiger partial charge in [0.15, 0.2) is 5.69 Å². The number of aromatic nitrogens is 2. The van der Waals surface area contributed by atoms with Crippen LogP contribution in [0.2, 0.25) is 5.02 Å². The third-order valence-corrected chi connectivity index (χ3v) is 5.71. The first-order valence-electron chi connectivity index (χ1n) is 9.21. The molecule has 1 aliphatic rings. The first-order chi connectivity index (χ1) is 14.0. The van der Waals surface area contributed by atoms with Crippen LogP contribution in [0.3, 0.4) is 0 Å². The fourth-order valence-corrected chi connectivity index (χ4v) is 4.09. The maximum atomic E-state index is 12.8. The van der Waals surface area contributed by atoms with Gasteiger partial charge in [-0.15, -0.1) is 0 Å². The number of rotatable bonds is 4. The molecule has 7 nitrogen and oxygen atoms in total. The molecule has 2 amide bonds. The molecule has 0 spiro atoms. The molecule has 1 fully saturated rings. The second-order valence-electron chi connectivity index (χ2n) is 6.86. The number of halogens is 2. The van der Waals surface area contributed by atoms with Gasteiger partial charge in [-0.25, -0.2) is 0 Å². The van der Waals surface area contributed by atoms with E-state index in [4.69, 9.17) is 11.6 Å². The summed E-state index contributed by atoms with van der Waals surface area (Å²) < 4.78 is 0.853. The van der Waals surface area contributed by atoms with Crippen LogP contribution < -0.4 is 5.32 Å². The Kier molecular flexibility index (Phi) is 5.84. The lowest BCUT2D eigenvalue weighted by molar-refractivity contribution is -0.117. The summed E-state index contributed by atoms with van der Waals surface area (Å²) >= 11 is 9.49. The Morgan fingerprint density at radius 1 is 1.14 bits per heavy atom. The smallest absolute Gasteiger partial charge is 0.275 e. The summed E-state index contributed by atoms with van der Waals surface area (Å²) in [6.45, 7) is 2.59. The number of anilines is 1. The summed E-state index contributed by atoms with van der Waals surface area (Å²) in [5, 5.41) is 11.2. The monoisotopic (exact) mass is 475 g/mol. The zero-order chi connectivity index (χ0) is 20.4. The van der Waals surface area contributed by atoms with Crippen LogP contribution in [0.25, 0.3) is 10.9 Å². The fourth-order valence-electron chi connectivity index (χ4n) is 3.37. The van der Waals surface area contributed by atoms with E-state index in [2.05, 4.69) is 31.4 Å². The van der Waals surface area contributed by atoms with E-state index in [1.807, 2.05) is 35.2 Å². The van der Waals surface area contributed by atoms with Crippen molar-refractivity contribution < 1.29 is 9.59 Å². The van der Waals surface area contributed by atoms with Gasteiger partial charge in [-0.3, -0.25) is 19.6 Å². The van der Waals surface area contributed by atoms with Gasteiger partial charge in [-0.2, -0.15) is 5.10 Å². The summed E-state index contributed by atoms with van der Waals surface area (Å²) in [7, 11) is 0. The molecule has 4 rings (SSSR count). The molecule has 1 aliphatic heterocycles. The predicted molar refractivity (Wildman–Crippen MR) is 116 cm³/mol. The van der Waals surface area contributed by atoms with Crippen LogP contribution in [0.1, 0.15) is 10.5 Å². The number of hydrogen-bond acceptors (Lipinski definition) is 4. The van der Waals surface area contributed by atoms with E-state index in [0.29, 0.717) is 42.6 Å². The summed E-state index contributed by atoms with van der Waals surface area (Å²) in [5.74, 6) is -0.222. The van der Waals surface area contributed by atoms with E-state index in [9.17, 15) is 9.59 Å². The van der Waals surface area contributed by atoms with Gasteiger partial charge in [-0.1, -0.05) is 45.7 Å². The van der Waals surface area contributed by atoms with E-state index < -0.39 is 0 Å². The average molecular weight is 477 g/mol. The molecule has 0 bridgehead atoms. The number of nitrogens with one attached hydrogen (secondary N) is 2. The standard InChI is InChI=1S/C20H19BrClN5O2/c21-13-5-6-17(15(22)11-13)23-18(28)12-26-7-9-27(10-8-26)20(29)19-14-3-1-2-4-16(14)24-25-19/h1-6,11H,7-10,12H2,(H,23,28)(H,24,25). The summed E-state index contributed by atoms with van der Waals surface area (Å²) in [6, 6.07) is 12.9. The molecule has 2 heterocycles. The van der Waals surface area contributed by atoms with Crippen LogP contribution >= 0.6 is 27.5 Å². The van der Waals surface area contributed by atoms with E-state index in [1.165, 1.54) is 0 Å². The molecule has 2 aromatic carbocycles. The van der Waals surface area contributed by atoms with Crippen molar-refractivity contribution in [1.29, 1.82) is 0 Å². The molecule has 1 saturated heterocycles. The van der Waals surface area contributed by atoms with Crippen LogP contribution in [-0.2, 0) is 4.79 Å². The second-order valence-corrected chi connectivity index (χ2v) is 8.18. The third-order valence-electron chi connectivity index (χ3n) is 4.90. The number of carbonyl (C=O) groups excluding carboxylic acids is 2. The van der Waals surface area contributed by atoms with Gasteiger partial charge in [0.05, 0.1) is 22.8 Å². The second kappa shape index (κ2) is 8.52. The number of aromatic amines is 1. The van der Waals surface area contributed by atoms with Crippen LogP contribution in [0.15, 0.2) is 46.9 Å². The van der Waals surface area contributed by atoms with E-state index in [-0.39, 0.29) is 18.4 Å². The van der Waals surface area contributed by atoms with Gasteiger partial charge < -0.3 is 10.2 Å². The largest absolute Gasteiger partial charge is 0.335 e. The fraction of sp³-hybridized carbons (Fsp3) is 0.250. The van der Waals surface area contributed by atoms with E-state index in [0.717, 1.165) is 15.4 Å². The van der Waals surface area contributed by atoms with Crippen molar-refractivity contribution in [3.05, 3.63) is 57.7 Å². The number of nitrogens with zero attached hydrogens (tertiary/aromatic N) is 3. The Labute approximate surface area is 181 Å². The third kappa shape index (κ3) is 4.44.